The summed E-state index contributed by atoms with van der Waals surface area (Å²) in [6, 6.07) is 6.69. The van der Waals surface area contributed by atoms with Gasteiger partial charge in [0, 0.05) is 30.6 Å². The molecule has 4 saturated carbocycles. The van der Waals surface area contributed by atoms with E-state index in [1.807, 2.05) is 6.92 Å². The molecule has 1 aromatic carbocycles. The molecule has 5 aliphatic rings. The molecule has 0 spiro atoms. The van der Waals surface area contributed by atoms with Crippen LogP contribution >= 0.6 is 0 Å². The molecule has 186 valence electrons. The van der Waals surface area contributed by atoms with Gasteiger partial charge in [0.2, 0.25) is 5.91 Å². The normalized spacial score (nSPS) is 35.8. The third-order valence-corrected chi connectivity index (χ3v) is 8.63. The first-order valence-corrected chi connectivity index (χ1v) is 12.2. The number of carbonyl (C=O) groups excluding carboxylic acids is 2. The Morgan fingerprint density at radius 3 is 2.47 bits per heavy atom. The van der Waals surface area contributed by atoms with E-state index in [9.17, 15) is 18.4 Å². The summed E-state index contributed by atoms with van der Waals surface area (Å²) in [5.41, 5.74) is 6.37. The molecule has 4 atom stereocenters. The number of benzene rings is 1. The van der Waals surface area contributed by atoms with E-state index in [0.717, 1.165) is 37.7 Å². The quantitative estimate of drug-likeness (QED) is 0.630. The lowest BCUT2D eigenvalue weighted by Gasteiger charge is -2.59. The van der Waals surface area contributed by atoms with E-state index >= 15 is 0 Å². The van der Waals surface area contributed by atoms with Crippen LogP contribution in [0.2, 0.25) is 0 Å². The van der Waals surface area contributed by atoms with Crippen LogP contribution in [-0.4, -0.2) is 55.2 Å². The summed E-state index contributed by atoms with van der Waals surface area (Å²) >= 11 is 0. The van der Waals surface area contributed by atoms with Crippen LogP contribution in [0.25, 0.3) is 0 Å². The Hall–Kier alpha value is -2.26. The van der Waals surface area contributed by atoms with Gasteiger partial charge in [0.05, 0.1) is 6.61 Å². The summed E-state index contributed by atoms with van der Waals surface area (Å²) in [5.74, 6) is 0.997. The van der Waals surface area contributed by atoms with Gasteiger partial charge in [-0.1, -0.05) is 12.1 Å². The molecule has 1 heterocycles. The number of nitrogens with two attached hydrogens (primary N) is 1. The second-order valence-electron chi connectivity index (χ2n) is 10.6. The van der Waals surface area contributed by atoms with Crippen LogP contribution in [0.15, 0.2) is 24.3 Å². The minimum atomic E-state index is -2.85. The number of primary amides is 1. The molecule has 4 bridgehead atoms. The second kappa shape index (κ2) is 9.07. The Morgan fingerprint density at radius 1 is 1.18 bits per heavy atom. The van der Waals surface area contributed by atoms with Crippen LogP contribution in [0, 0.1) is 23.2 Å². The summed E-state index contributed by atoms with van der Waals surface area (Å²) < 4.78 is 35.1. The molecule has 6 rings (SSSR count). The summed E-state index contributed by atoms with van der Waals surface area (Å²) in [4.78, 5) is 27.6. The van der Waals surface area contributed by atoms with Gasteiger partial charge >= 0.3 is 6.61 Å². The lowest BCUT2D eigenvalue weighted by atomic mass is 9.47. The van der Waals surface area contributed by atoms with E-state index < -0.39 is 12.7 Å². The first-order chi connectivity index (χ1) is 16.2. The minimum Gasteiger partial charge on any atom is -0.435 e. The van der Waals surface area contributed by atoms with Gasteiger partial charge in [0.1, 0.15) is 11.9 Å². The molecule has 0 radical (unpaired) electrons. The average molecular weight is 478 g/mol. The summed E-state index contributed by atoms with van der Waals surface area (Å²) in [7, 11) is 0. The largest absolute Gasteiger partial charge is 0.435 e. The van der Waals surface area contributed by atoms with E-state index in [4.69, 9.17) is 10.5 Å². The highest BCUT2D eigenvalue weighted by molar-refractivity contribution is 5.83. The molecule has 34 heavy (non-hydrogen) atoms. The fraction of sp³-hybridized carbons (Fsp3) is 0.680. The third kappa shape index (κ3) is 4.40. The Balaban J connectivity index is 1.20. The Bertz CT molecular complexity index is 911. The van der Waals surface area contributed by atoms with Gasteiger partial charge in [0.15, 0.2) is 0 Å². The van der Waals surface area contributed by atoms with Crippen molar-refractivity contribution in [3.63, 3.8) is 0 Å². The van der Waals surface area contributed by atoms with E-state index in [1.165, 1.54) is 12.1 Å². The van der Waals surface area contributed by atoms with E-state index in [-0.39, 0.29) is 35.1 Å². The van der Waals surface area contributed by atoms with Crippen LogP contribution in [-0.2, 0) is 14.3 Å². The van der Waals surface area contributed by atoms with Crippen molar-refractivity contribution in [2.45, 2.75) is 63.8 Å². The zero-order chi connectivity index (χ0) is 24.0. The number of ether oxygens (including phenoxy) is 2. The van der Waals surface area contributed by atoms with Crippen LogP contribution in [0.5, 0.6) is 5.75 Å². The molecule has 0 aromatic heterocycles. The fourth-order valence-corrected chi connectivity index (χ4v) is 7.14. The number of nitrogens with zero attached hydrogens (tertiary/aromatic N) is 1. The summed E-state index contributed by atoms with van der Waals surface area (Å²) in [5, 5.41) is 3.28. The van der Waals surface area contributed by atoms with Crippen LogP contribution < -0.4 is 15.8 Å². The maximum absolute atomic E-state index is 13.2. The highest BCUT2D eigenvalue weighted by Gasteiger charge is 2.58. The first-order valence-electron chi connectivity index (χ1n) is 12.2. The predicted octanol–water partition coefficient (Wildman–Crippen LogP) is 2.85. The Morgan fingerprint density at radius 2 is 1.85 bits per heavy atom. The van der Waals surface area contributed by atoms with Crippen molar-refractivity contribution in [2.75, 3.05) is 19.7 Å². The predicted molar refractivity (Wildman–Crippen MR) is 120 cm³/mol. The number of nitrogens with one attached hydrogen (secondary N) is 1. The summed E-state index contributed by atoms with van der Waals surface area (Å²) in [6.45, 7) is 0.761. The van der Waals surface area contributed by atoms with Gasteiger partial charge in [0.25, 0.3) is 5.91 Å². The molecule has 1 aliphatic heterocycles. The molecule has 3 unspecified atom stereocenters. The van der Waals surface area contributed by atoms with Gasteiger partial charge in [-0.2, -0.15) is 8.78 Å². The number of rotatable bonds is 7. The molecule has 9 heteroatoms. The van der Waals surface area contributed by atoms with Crippen molar-refractivity contribution >= 4 is 11.8 Å². The molecule has 1 aromatic rings. The van der Waals surface area contributed by atoms with Gasteiger partial charge in [-0.15, -0.1) is 0 Å². The third-order valence-electron chi connectivity index (χ3n) is 8.63. The van der Waals surface area contributed by atoms with Crippen molar-refractivity contribution in [3.05, 3.63) is 29.8 Å². The highest BCUT2D eigenvalue weighted by atomic mass is 19.3. The van der Waals surface area contributed by atoms with Gasteiger partial charge in [-0.05, 0) is 74.5 Å². The van der Waals surface area contributed by atoms with Gasteiger partial charge in [-0.25, -0.2) is 0 Å². The molecule has 2 amide bonds. The molecular formula is C25H33F2N3O4. The van der Waals surface area contributed by atoms with E-state index in [2.05, 4.69) is 15.0 Å². The number of amides is 2. The number of hydrogen-bond donors (Lipinski definition) is 2. The van der Waals surface area contributed by atoms with Crippen molar-refractivity contribution in [1.82, 2.24) is 10.2 Å². The van der Waals surface area contributed by atoms with Gasteiger partial charge in [-0.3, -0.25) is 14.5 Å². The van der Waals surface area contributed by atoms with E-state index in [0.29, 0.717) is 37.5 Å². The standard InChI is InChI=1S/C25H33F2N3O4/c1-14(16-2-4-19(5-3-16)34-24(26)27)30-6-7-33-20(13-30)22(31)29-21-17-8-15-9-18(21)12-25(10-15,11-17)23(28)32/h2-5,14-15,17-18,20-21,24H,6-13H2,1H3,(H2,28,32)(H,29,31)/t14-,15?,17?,18?,20?,21?,25?/m1/s1. The highest BCUT2D eigenvalue weighted by Crippen LogP contribution is 2.59. The van der Waals surface area contributed by atoms with Crippen LogP contribution in [0.3, 0.4) is 0 Å². The number of carbonyl (C=O) groups is 2. The minimum absolute atomic E-state index is 0.00333. The molecule has 4 aliphatic carbocycles. The SMILES string of the molecule is C[C@H](c1ccc(OC(F)F)cc1)N1CCOC(C(=O)NC2C3CC4CC2CC(C(N)=O)(C4)C3)C1. The molecule has 1 saturated heterocycles. The Kier molecular flexibility index (Phi) is 6.27. The second-order valence-corrected chi connectivity index (χ2v) is 10.6. The first kappa shape index (κ1) is 23.5. The van der Waals surface area contributed by atoms with Crippen LogP contribution in [0.4, 0.5) is 8.78 Å². The number of hydrogen-bond acceptors (Lipinski definition) is 5. The van der Waals surface area contributed by atoms with Gasteiger partial charge < -0.3 is 20.5 Å². The number of morpholine rings is 1. The average Bonchev–Trinajstić information content (AvgIpc) is 2.80. The zero-order valence-electron chi connectivity index (χ0n) is 19.4. The van der Waals surface area contributed by atoms with Crippen molar-refractivity contribution in [1.29, 1.82) is 0 Å². The van der Waals surface area contributed by atoms with Crippen molar-refractivity contribution in [2.24, 2.45) is 28.9 Å². The number of halogens is 2. The fourth-order valence-electron chi connectivity index (χ4n) is 7.14. The molecule has 5 fully saturated rings. The lowest BCUT2D eigenvalue weighted by molar-refractivity contribution is -0.151. The summed E-state index contributed by atoms with van der Waals surface area (Å²) in [6.07, 6.45) is 4.00. The monoisotopic (exact) mass is 477 g/mol. The van der Waals surface area contributed by atoms with Crippen molar-refractivity contribution < 1.29 is 27.8 Å². The van der Waals surface area contributed by atoms with E-state index in [1.54, 1.807) is 12.1 Å². The maximum Gasteiger partial charge on any atom is 0.387 e. The smallest absolute Gasteiger partial charge is 0.387 e. The number of alkyl halides is 2. The van der Waals surface area contributed by atoms with Crippen LogP contribution in [0.1, 0.15) is 50.6 Å². The van der Waals surface area contributed by atoms with Crippen molar-refractivity contribution in [3.8, 4) is 5.75 Å². The lowest BCUT2D eigenvalue weighted by Crippen LogP contribution is -2.63. The topological polar surface area (TPSA) is 93.9 Å². The molecular weight excluding hydrogens is 444 g/mol. The Labute approximate surface area is 198 Å². The molecule has 3 N–H and O–H groups in total. The zero-order valence-corrected chi connectivity index (χ0v) is 19.4. The molecule has 7 nitrogen and oxygen atoms in total. The maximum atomic E-state index is 13.2.